The van der Waals surface area contributed by atoms with E-state index in [-0.39, 0.29) is 23.7 Å². The number of alkyl halides is 3. The Balaban J connectivity index is 1.22. The molecular formula is C34H37F3N6O2S. The van der Waals surface area contributed by atoms with Crippen LogP contribution in [0, 0.1) is 6.92 Å². The Bertz CT molecular complexity index is 1690. The lowest BCUT2D eigenvalue weighted by Crippen LogP contribution is -2.43. The van der Waals surface area contributed by atoms with Gasteiger partial charge in [0.2, 0.25) is 0 Å². The van der Waals surface area contributed by atoms with Gasteiger partial charge >= 0.3 is 12.4 Å². The monoisotopic (exact) mass is 650 g/mol. The maximum Gasteiger partial charge on any atom is 0.573 e. The number of nitrogens with one attached hydrogen (secondary N) is 1. The van der Waals surface area contributed by atoms with Crippen molar-refractivity contribution in [2.75, 3.05) is 17.2 Å². The lowest BCUT2D eigenvalue weighted by molar-refractivity contribution is -0.274. The molecule has 0 aliphatic carbocycles. The number of thioether (sulfide) groups is 1. The molecule has 0 saturated carbocycles. The van der Waals surface area contributed by atoms with E-state index in [4.69, 9.17) is 0 Å². The van der Waals surface area contributed by atoms with Gasteiger partial charge in [0.1, 0.15) is 12.1 Å². The highest BCUT2D eigenvalue weighted by molar-refractivity contribution is 8.14. The van der Waals surface area contributed by atoms with Crippen LogP contribution in [0.5, 0.6) is 5.75 Å². The fourth-order valence-corrected chi connectivity index (χ4v) is 6.46. The predicted octanol–water partition coefficient (Wildman–Crippen LogP) is 8.47. The second-order valence-corrected chi connectivity index (χ2v) is 12.8. The molecule has 2 heterocycles. The molecule has 3 aromatic carbocycles. The van der Waals surface area contributed by atoms with Gasteiger partial charge in [-0.25, -0.2) is 14.5 Å². The van der Waals surface area contributed by atoms with Crippen molar-refractivity contribution in [3.63, 3.8) is 0 Å². The number of anilines is 1. The SMILES string of the molecule is Cc1ccc(C(C)C)c(N2C(=NC(=O)NCC(C)c3ccc(-c4ncn(-c5ccc(OC(F)(F)F)cc5)n4)cc3)SCCC2C)c1. The van der Waals surface area contributed by atoms with Crippen molar-refractivity contribution in [1.82, 2.24) is 20.1 Å². The molecule has 0 spiro atoms. The van der Waals surface area contributed by atoms with Crippen LogP contribution in [0.1, 0.15) is 62.6 Å². The number of aromatic nitrogens is 3. The molecule has 1 aliphatic heterocycles. The van der Waals surface area contributed by atoms with Crippen molar-refractivity contribution < 1.29 is 22.7 Å². The second kappa shape index (κ2) is 14.0. The van der Waals surface area contributed by atoms with Crippen molar-refractivity contribution >= 4 is 28.6 Å². The van der Waals surface area contributed by atoms with E-state index in [0.717, 1.165) is 34.2 Å². The predicted molar refractivity (Wildman–Crippen MR) is 177 cm³/mol. The van der Waals surface area contributed by atoms with Gasteiger partial charge in [-0.1, -0.05) is 68.9 Å². The summed E-state index contributed by atoms with van der Waals surface area (Å²) in [4.78, 5) is 24.1. The van der Waals surface area contributed by atoms with Gasteiger partial charge in [-0.3, -0.25) is 0 Å². The fraction of sp³-hybridized carbons (Fsp3) is 0.353. The molecular weight excluding hydrogens is 613 g/mol. The maximum atomic E-state index is 13.0. The molecule has 2 unspecified atom stereocenters. The van der Waals surface area contributed by atoms with Crippen LogP contribution in [0.25, 0.3) is 17.1 Å². The summed E-state index contributed by atoms with van der Waals surface area (Å²) in [5.41, 5.74) is 5.87. The number of carbonyl (C=O) groups excluding carboxylic acids is 1. The van der Waals surface area contributed by atoms with Crippen LogP contribution in [0.4, 0.5) is 23.7 Å². The normalized spacial score (nSPS) is 16.9. The number of aliphatic imine (C=N–C) groups is 1. The van der Waals surface area contributed by atoms with Gasteiger partial charge in [0.05, 0.1) is 5.69 Å². The summed E-state index contributed by atoms with van der Waals surface area (Å²) in [6.45, 7) is 11.1. The molecule has 0 bridgehead atoms. The second-order valence-electron chi connectivity index (χ2n) is 11.7. The lowest BCUT2D eigenvalue weighted by Gasteiger charge is -2.37. The third-order valence-electron chi connectivity index (χ3n) is 7.80. The number of nitrogens with zero attached hydrogens (tertiary/aromatic N) is 5. The third-order valence-corrected chi connectivity index (χ3v) is 8.79. The molecule has 1 aromatic heterocycles. The summed E-state index contributed by atoms with van der Waals surface area (Å²) >= 11 is 1.61. The summed E-state index contributed by atoms with van der Waals surface area (Å²) < 4.78 is 42.7. The molecule has 46 heavy (non-hydrogen) atoms. The van der Waals surface area contributed by atoms with Crippen LogP contribution in [0.3, 0.4) is 0 Å². The van der Waals surface area contributed by atoms with Crippen molar-refractivity contribution in [3.8, 4) is 22.8 Å². The van der Waals surface area contributed by atoms with E-state index in [1.54, 1.807) is 11.8 Å². The lowest BCUT2D eigenvalue weighted by atomic mass is 9.98. The number of amides is 2. The Morgan fingerprint density at radius 1 is 1.09 bits per heavy atom. The van der Waals surface area contributed by atoms with E-state index in [1.165, 1.54) is 46.4 Å². The third kappa shape index (κ3) is 8.09. The fourth-order valence-electron chi connectivity index (χ4n) is 5.25. The molecule has 1 aliphatic rings. The number of amidine groups is 1. The molecule has 2 amide bonds. The largest absolute Gasteiger partial charge is 0.573 e. The number of carbonyl (C=O) groups is 1. The smallest absolute Gasteiger partial charge is 0.406 e. The number of halogens is 3. The zero-order valence-electron chi connectivity index (χ0n) is 26.4. The summed E-state index contributed by atoms with van der Waals surface area (Å²) in [5, 5.41) is 8.17. The highest BCUT2D eigenvalue weighted by atomic mass is 32.2. The number of ether oxygens (including phenoxy) is 1. The highest BCUT2D eigenvalue weighted by Gasteiger charge is 2.31. The topological polar surface area (TPSA) is 84.6 Å². The minimum atomic E-state index is -4.75. The van der Waals surface area contributed by atoms with Crippen LogP contribution in [0.2, 0.25) is 0 Å². The standard InChI is InChI=1S/C34H37F3N6O2S/c1-21(2)29-15-6-22(3)18-30(29)43-24(5)16-17-46-33(43)40-32(44)38-19-23(4)25-7-9-26(10-8-25)31-39-20-42(41-31)27-11-13-28(14-12-27)45-34(35,36)37/h6-15,18,20-21,23-24H,16-17,19H2,1-5H3,(H,38,44). The molecule has 5 rings (SSSR count). The molecule has 1 saturated heterocycles. The van der Waals surface area contributed by atoms with E-state index in [0.29, 0.717) is 24.0 Å². The summed E-state index contributed by atoms with van der Waals surface area (Å²) in [7, 11) is 0. The van der Waals surface area contributed by atoms with Gasteiger partial charge in [-0.15, -0.1) is 18.3 Å². The quantitative estimate of drug-likeness (QED) is 0.206. The molecule has 1 N–H and O–H groups in total. The minimum absolute atomic E-state index is 0.0273. The first-order chi connectivity index (χ1) is 21.9. The Kier molecular flexibility index (Phi) is 10.0. The van der Waals surface area contributed by atoms with Crippen LogP contribution in [0.15, 0.2) is 78.0 Å². The molecule has 1 fully saturated rings. The van der Waals surface area contributed by atoms with E-state index in [1.807, 2.05) is 31.2 Å². The molecule has 0 radical (unpaired) electrons. The van der Waals surface area contributed by atoms with Crippen molar-refractivity contribution in [2.45, 2.75) is 65.3 Å². The number of benzene rings is 3. The Hall–Kier alpha value is -4.32. The van der Waals surface area contributed by atoms with Gasteiger partial charge in [-0.05, 0) is 79.1 Å². The number of hydrogen-bond donors (Lipinski definition) is 1. The number of rotatable bonds is 8. The minimum Gasteiger partial charge on any atom is -0.406 e. The molecule has 4 aromatic rings. The van der Waals surface area contributed by atoms with E-state index in [2.05, 4.69) is 75.9 Å². The van der Waals surface area contributed by atoms with E-state index >= 15 is 0 Å². The average molecular weight is 651 g/mol. The van der Waals surface area contributed by atoms with Crippen LogP contribution < -0.4 is 15.0 Å². The van der Waals surface area contributed by atoms with Crippen LogP contribution >= 0.6 is 11.8 Å². The molecule has 8 nitrogen and oxygen atoms in total. The summed E-state index contributed by atoms with van der Waals surface area (Å²) in [6, 6.07) is 19.5. The summed E-state index contributed by atoms with van der Waals surface area (Å²) in [5.74, 6) is 1.44. The van der Waals surface area contributed by atoms with Gasteiger partial charge in [0.15, 0.2) is 11.0 Å². The molecule has 242 valence electrons. The van der Waals surface area contributed by atoms with Crippen molar-refractivity contribution in [2.24, 2.45) is 4.99 Å². The highest BCUT2D eigenvalue weighted by Crippen LogP contribution is 2.35. The number of hydrogen-bond acceptors (Lipinski definition) is 5. The maximum absolute atomic E-state index is 13.0. The van der Waals surface area contributed by atoms with E-state index in [9.17, 15) is 18.0 Å². The van der Waals surface area contributed by atoms with Crippen molar-refractivity contribution in [3.05, 3.63) is 89.7 Å². The zero-order chi connectivity index (χ0) is 33.0. The Labute approximate surface area is 271 Å². The van der Waals surface area contributed by atoms with Gasteiger partial charge in [0, 0.05) is 29.6 Å². The van der Waals surface area contributed by atoms with E-state index < -0.39 is 6.36 Å². The Morgan fingerprint density at radius 3 is 2.48 bits per heavy atom. The van der Waals surface area contributed by atoms with Crippen molar-refractivity contribution in [1.29, 1.82) is 0 Å². The van der Waals surface area contributed by atoms with Gasteiger partial charge < -0.3 is 15.0 Å². The molecule has 12 heteroatoms. The van der Waals surface area contributed by atoms with Crippen LogP contribution in [-0.2, 0) is 0 Å². The van der Waals surface area contributed by atoms with Crippen LogP contribution in [-0.4, -0.2) is 50.7 Å². The van der Waals surface area contributed by atoms with Gasteiger partial charge in [-0.2, -0.15) is 4.99 Å². The zero-order valence-corrected chi connectivity index (χ0v) is 27.2. The summed E-state index contributed by atoms with van der Waals surface area (Å²) in [6.07, 6.45) is -2.24. The first-order valence-electron chi connectivity index (χ1n) is 15.1. The van der Waals surface area contributed by atoms with Gasteiger partial charge in [0.25, 0.3) is 0 Å². The average Bonchev–Trinajstić information content (AvgIpc) is 3.50. The molecule has 2 atom stereocenters. The number of aryl methyl sites for hydroxylation is 1. The first-order valence-corrected chi connectivity index (χ1v) is 16.1. The first kappa shape index (κ1) is 33.1. The Morgan fingerprint density at radius 2 is 1.80 bits per heavy atom. The number of urea groups is 1.